The maximum absolute atomic E-state index is 12.1. The number of aryl methyl sites for hydroxylation is 1. The summed E-state index contributed by atoms with van der Waals surface area (Å²) in [5.41, 5.74) is 2.82. The summed E-state index contributed by atoms with van der Waals surface area (Å²) in [5.74, 6) is -0.104. The molecule has 30 heavy (non-hydrogen) atoms. The highest BCUT2D eigenvalue weighted by Crippen LogP contribution is 2.25. The minimum absolute atomic E-state index is 0.104. The molecule has 0 spiro atoms. The predicted molar refractivity (Wildman–Crippen MR) is 115 cm³/mol. The minimum Gasteiger partial charge on any atom is -0.348 e. The zero-order valence-corrected chi connectivity index (χ0v) is 17.2. The Morgan fingerprint density at radius 2 is 2.07 bits per heavy atom. The third kappa shape index (κ3) is 4.36. The van der Waals surface area contributed by atoms with E-state index in [4.69, 9.17) is 0 Å². The highest BCUT2D eigenvalue weighted by Gasteiger charge is 2.26. The number of benzene rings is 1. The fraction of sp³-hybridized carbons (Fsp3) is 0.478. The van der Waals surface area contributed by atoms with Crippen LogP contribution in [0.4, 0.5) is 0 Å². The molecular formula is C23H28N6O. The van der Waals surface area contributed by atoms with Crippen molar-refractivity contribution in [2.45, 2.75) is 63.7 Å². The number of piperidine rings is 1. The Kier molecular flexibility index (Phi) is 5.45. The Morgan fingerprint density at radius 3 is 2.97 bits per heavy atom. The number of aromatic nitrogens is 4. The van der Waals surface area contributed by atoms with Gasteiger partial charge in [-0.25, -0.2) is 0 Å². The van der Waals surface area contributed by atoms with Gasteiger partial charge >= 0.3 is 0 Å². The van der Waals surface area contributed by atoms with Gasteiger partial charge in [-0.15, -0.1) is 5.10 Å². The SMILES string of the molecule is O=C(NC1CC1)c1cn(CCC2CCCCN2Cc2cccc3ncccc23)nn1. The van der Waals surface area contributed by atoms with Crippen LogP contribution in [0.1, 0.15) is 54.6 Å². The van der Waals surface area contributed by atoms with Crippen LogP contribution in [-0.4, -0.2) is 49.4 Å². The topological polar surface area (TPSA) is 75.9 Å². The summed E-state index contributed by atoms with van der Waals surface area (Å²) in [6, 6.07) is 11.4. The van der Waals surface area contributed by atoms with Gasteiger partial charge in [0.25, 0.3) is 5.91 Å². The van der Waals surface area contributed by atoms with Crippen LogP contribution in [-0.2, 0) is 13.1 Å². The Hall–Kier alpha value is -2.80. The molecule has 2 aromatic heterocycles. The van der Waals surface area contributed by atoms with Crippen LogP contribution in [0.15, 0.2) is 42.7 Å². The smallest absolute Gasteiger partial charge is 0.273 e. The number of carbonyl (C=O) groups is 1. The van der Waals surface area contributed by atoms with Gasteiger partial charge in [0.1, 0.15) is 0 Å². The average Bonchev–Trinajstić information content (AvgIpc) is 3.46. The summed E-state index contributed by atoms with van der Waals surface area (Å²) in [6.45, 7) is 2.84. The molecular weight excluding hydrogens is 376 g/mol. The van der Waals surface area contributed by atoms with E-state index < -0.39 is 0 Å². The van der Waals surface area contributed by atoms with Gasteiger partial charge in [0.2, 0.25) is 0 Å². The third-order valence-electron chi connectivity index (χ3n) is 6.23. The fourth-order valence-electron chi connectivity index (χ4n) is 4.40. The van der Waals surface area contributed by atoms with Crippen LogP contribution in [0, 0.1) is 0 Å². The van der Waals surface area contributed by atoms with Gasteiger partial charge in [0.15, 0.2) is 5.69 Å². The molecule has 156 valence electrons. The van der Waals surface area contributed by atoms with Crippen molar-refractivity contribution in [3.63, 3.8) is 0 Å². The van der Waals surface area contributed by atoms with Gasteiger partial charge in [-0.1, -0.05) is 29.8 Å². The summed E-state index contributed by atoms with van der Waals surface area (Å²) in [5, 5.41) is 12.5. The maximum Gasteiger partial charge on any atom is 0.273 e. The van der Waals surface area contributed by atoms with E-state index in [1.807, 2.05) is 16.9 Å². The van der Waals surface area contributed by atoms with E-state index in [0.29, 0.717) is 17.8 Å². The number of amides is 1. The summed E-state index contributed by atoms with van der Waals surface area (Å²) in [4.78, 5) is 19.2. The Labute approximate surface area is 176 Å². The molecule has 3 aromatic rings. The number of hydrogen-bond donors (Lipinski definition) is 1. The molecule has 5 rings (SSSR count). The van der Waals surface area contributed by atoms with E-state index in [9.17, 15) is 4.79 Å². The van der Waals surface area contributed by atoms with Crippen molar-refractivity contribution in [1.29, 1.82) is 0 Å². The van der Waals surface area contributed by atoms with Crippen LogP contribution >= 0.6 is 0 Å². The second-order valence-corrected chi connectivity index (χ2v) is 8.51. The third-order valence-corrected chi connectivity index (χ3v) is 6.23. The maximum atomic E-state index is 12.1. The zero-order valence-electron chi connectivity index (χ0n) is 17.2. The van der Waals surface area contributed by atoms with E-state index >= 15 is 0 Å². The van der Waals surface area contributed by atoms with Crippen LogP contribution in [0.25, 0.3) is 10.9 Å². The number of likely N-dealkylation sites (tertiary alicyclic amines) is 1. The molecule has 1 saturated heterocycles. The molecule has 2 aliphatic rings. The predicted octanol–water partition coefficient (Wildman–Crippen LogP) is 3.16. The monoisotopic (exact) mass is 404 g/mol. The standard InChI is InChI=1S/C23H28N6O/c30-23(25-18-9-10-18)22-16-29(27-26-22)14-11-19-6-1-2-13-28(19)15-17-5-3-8-21-20(17)7-4-12-24-21/h3-5,7-8,12,16,18-19H,1-2,6,9-11,13-15H2,(H,25,30). The number of pyridine rings is 1. The molecule has 1 unspecified atom stereocenters. The summed E-state index contributed by atoms with van der Waals surface area (Å²) in [6.07, 6.45) is 10.5. The molecule has 1 aliphatic carbocycles. The van der Waals surface area contributed by atoms with Crippen molar-refractivity contribution in [2.24, 2.45) is 0 Å². The first-order valence-corrected chi connectivity index (χ1v) is 11.0. The first kappa shape index (κ1) is 19.2. The van der Waals surface area contributed by atoms with Crippen LogP contribution < -0.4 is 5.32 Å². The quantitative estimate of drug-likeness (QED) is 0.655. The molecule has 7 heteroatoms. The van der Waals surface area contributed by atoms with Crippen LogP contribution in [0.2, 0.25) is 0 Å². The second kappa shape index (κ2) is 8.52. The lowest BCUT2D eigenvalue weighted by Crippen LogP contribution is -2.39. The molecule has 0 radical (unpaired) electrons. The molecule has 1 aliphatic heterocycles. The molecule has 1 aromatic carbocycles. The Morgan fingerprint density at radius 1 is 1.13 bits per heavy atom. The van der Waals surface area contributed by atoms with E-state index in [0.717, 1.165) is 44.4 Å². The average molecular weight is 405 g/mol. The van der Waals surface area contributed by atoms with Gasteiger partial charge in [-0.05, 0) is 56.3 Å². The van der Waals surface area contributed by atoms with Crippen molar-refractivity contribution in [3.05, 3.63) is 54.0 Å². The van der Waals surface area contributed by atoms with Gasteiger partial charge in [-0.2, -0.15) is 0 Å². The van der Waals surface area contributed by atoms with Crippen LogP contribution in [0.5, 0.6) is 0 Å². The lowest BCUT2D eigenvalue weighted by molar-refractivity contribution is 0.0946. The number of nitrogens with zero attached hydrogens (tertiary/aromatic N) is 5. The van der Waals surface area contributed by atoms with E-state index in [1.54, 1.807) is 6.20 Å². The number of carbonyl (C=O) groups excluding carboxylic acids is 1. The van der Waals surface area contributed by atoms with Crippen molar-refractivity contribution in [3.8, 4) is 0 Å². The minimum atomic E-state index is -0.104. The molecule has 7 nitrogen and oxygen atoms in total. The number of fused-ring (bicyclic) bond motifs is 1. The number of rotatable bonds is 7. The van der Waals surface area contributed by atoms with Crippen molar-refractivity contribution in [1.82, 2.24) is 30.2 Å². The van der Waals surface area contributed by atoms with Gasteiger partial charge in [-0.3, -0.25) is 19.4 Å². The van der Waals surface area contributed by atoms with Gasteiger partial charge in [0.05, 0.1) is 11.7 Å². The molecule has 1 atom stereocenters. The van der Waals surface area contributed by atoms with Crippen molar-refractivity contribution >= 4 is 16.8 Å². The molecule has 1 saturated carbocycles. The largest absolute Gasteiger partial charge is 0.348 e. The molecule has 0 bridgehead atoms. The Bertz CT molecular complexity index is 1020. The van der Waals surface area contributed by atoms with E-state index in [2.05, 4.69) is 49.8 Å². The number of nitrogens with one attached hydrogen (secondary N) is 1. The number of hydrogen-bond acceptors (Lipinski definition) is 5. The first-order valence-electron chi connectivity index (χ1n) is 11.0. The molecule has 1 N–H and O–H groups in total. The highest BCUT2D eigenvalue weighted by atomic mass is 16.2. The fourth-order valence-corrected chi connectivity index (χ4v) is 4.40. The first-order chi connectivity index (χ1) is 14.8. The van der Waals surface area contributed by atoms with Gasteiger partial charge in [0, 0.05) is 36.8 Å². The van der Waals surface area contributed by atoms with Crippen LogP contribution in [0.3, 0.4) is 0 Å². The van der Waals surface area contributed by atoms with Gasteiger partial charge < -0.3 is 5.32 Å². The highest BCUT2D eigenvalue weighted by molar-refractivity contribution is 5.92. The summed E-state index contributed by atoms with van der Waals surface area (Å²) < 4.78 is 1.82. The summed E-state index contributed by atoms with van der Waals surface area (Å²) in [7, 11) is 0. The Balaban J connectivity index is 1.23. The van der Waals surface area contributed by atoms with E-state index in [-0.39, 0.29) is 5.91 Å². The molecule has 1 amide bonds. The van der Waals surface area contributed by atoms with E-state index in [1.165, 1.54) is 30.2 Å². The normalized spacial score (nSPS) is 19.8. The summed E-state index contributed by atoms with van der Waals surface area (Å²) >= 11 is 0. The molecule has 3 heterocycles. The molecule has 2 fully saturated rings. The lowest BCUT2D eigenvalue weighted by atomic mass is 9.97. The zero-order chi connectivity index (χ0) is 20.3. The lowest BCUT2D eigenvalue weighted by Gasteiger charge is -2.36. The van der Waals surface area contributed by atoms with Crippen molar-refractivity contribution in [2.75, 3.05) is 6.54 Å². The second-order valence-electron chi connectivity index (χ2n) is 8.51. The van der Waals surface area contributed by atoms with Crippen molar-refractivity contribution < 1.29 is 4.79 Å².